The topological polar surface area (TPSA) is 152 Å². The number of ether oxygens (including phenoxy) is 2. The zero-order valence-electron chi connectivity index (χ0n) is 15.3. The molecule has 148 valence electrons. The molecule has 29 heavy (non-hydrogen) atoms. The van der Waals surface area contributed by atoms with Gasteiger partial charge in [0, 0.05) is 5.56 Å². The van der Waals surface area contributed by atoms with Gasteiger partial charge in [0.15, 0.2) is 11.5 Å². The van der Waals surface area contributed by atoms with Crippen molar-refractivity contribution < 1.29 is 29.0 Å². The number of hydrogen-bond acceptors (Lipinski definition) is 6. The number of primary amides is 1. The van der Waals surface area contributed by atoms with Crippen molar-refractivity contribution in [3.8, 4) is 17.6 Å². The van der Waals surface area contributed by atoms with Gasteiger partial charge in [0.1, 0.15) is 18.2 Å². The summed E-state index contributed by atoms with van der Waals surface area (Å²) >= 11 is 0. The van der Waals surface area contributed by atoms with Gasteiger partial charge in [0.25, 0.3) is 5.91 Å². The highest BCUT2D eigenvalue weighted by Crippen LogP contribution is 2.33. The van der Waals surface area contributed by atoms with E-state index in [0.717, 1.165) is 0 Å². The largest absolute Gasteiger partial charge is 0.493 e. The number of benzene rings is 2. The lowest BCUT2D eigenvalue weighted by Crippen LogP contribution is -2.35. The highest BCUT2D eigenvalue weighted by atomic mass is 16.5. The van der Waals surface area contributed by atoms with Gasteiger partial charge >= 0.3 is 12.0 Å². The molecule has 0 saturated heterocycles. The van der Waals surface area contributed by atoms with Crippen molar-refractivity contribution in [3.63, 3.8) is 0 Å². The SMILES string of the molecule is COc1cccc(/C=C(/C#N)C(=O)NC(N)=O)c1OCc1cccc(C(=O)O)c1. The van der Waals surface area contributed by atoms with Gasteiger partial charge in [-0.3, -0.25) is 10.1 Å². The lowest BCUT2D eigenvalue weighted by molar-refractivity contribution is -0.115. The summed E-state index contributed by atoms with van der Waals surface area (Å²) in [5.41, 5.74) is 5.59. The van der Waals surface area contributed by atoms with Gasteiger partial charge in [0.05, 0.1) is 12.7 Å². The number of methoxy groups -OCH3 is 1. The number of nitrogens with one attached hydrogen (secondary N) is 1. The second-order valence-electron chi connectivity index (χ2n) is 5.66. The van der Waals surface area contributed by atoms with Crippen LogP contribution in [0, 0.1) is 11.3 Å². The van der Waals surface area contributed by atoms with E-state index in [1.807, 2.05) is 5.32 Å². The third-order valence-electron chi connectivity index (χ3n) is 3.69. The summed E-state index contributed by atoms with van der Waals surface area (Å²) in [5.74, 6) is -1.45. The van der Waals surface area contributed by atoms with Crippen LogP contribution in [-0.2, 0) is 11.4 Å². The van der Waals surface area contributed by atoms with Crippen LogP contribution < -0.4 is 20.5 Å². The normalized spacial score (nSPS) is 10.6. The van der Waals surface area contributed by atoms with Crippen LogP contribution in [0.5, 0.6) is 11.5 Å². The maximum Gasteiger partial charge on any atom is 0.335 e. The Labute approximate surface area is 166 Å². The van der Waals surface area contributed by atoms with Crippen LogP contribution in [0.25, 0.3) is 6.08 Å². The van der Waals surface area contributed by atoms with Crippen molar-refractivity contribution in [1.82, 2.24) is 5.32 Å². The smallest absolute Gasteiger partial charge is 0.335 e. The molecule has 2 aromatic carbocycles. The summed E-state index contributed by atoms with van der Waals surface area (Å²) in [4.78, 5) is 33.9. The zero-order chi connectivity index (χ0) is 21.4. The van der Waals surface area contributed by atoms with Gasteiger partial charge in [-0.05, 0) is 29.8 Å². The minimum Gasteiger partial charge on any atom is -0.493 e. The van der Waals surface area contributed by atoms with Gasteiger partial charge in [-0.15, -0.1) is 0 Å². The Bertz CT molecular complexity index is 1020. The molecule has 0 heterocycles. The summed E-state index contributed by atoms with van der Waals surface area (Å²) in [6.45, 7) is 0.0116. The van der Waals surface area contributed by atoms with Crippen molar-refractivity contribution in [2.75, 3.05) is 7.11 Å². The number of nitriles is 1. The fourth-order valence-corrected chi connectivity index (χ4v) is 2.39. The van der Waals surface area contributed by atoms with Crippen LogP contribution in [-0.4, -0.2) is 30.1 Å². The summed E-state index contributed by atoms with van der Waals surface area (Å²) in [6.07, 6.45) is 1.23. The molecule has 0 saturated carbocycles. The molecule has 0 spiro atoms. The van der Waals surface area contributed by atoms with Gasteiger partial charge in [0.2, 0.25) is 0 Å². The Kier molecular flexibility index (Phi) is 6.92. The van der Waals surface area contributed by atoms with E-state index in [0.29, 0.717) is 16.9 Å². The van der Waals surface area contributed by atoms with Crippen molar-refractivity contribution in [3.05, 3.63) is 64.7 Å². The number of carboxylic acids is 1. The van der Waals surface area contributed by atoms with Crippen molar-refractivity contribution in [2.24, 2.45) is 5.73 Å². The number of urea groups is 1. The van der Waals surface area contributed by atoms with E-state index in [-0.39, 0.29) is 23.5 Å². The second-order valence-corrected chi connectivity index (χ2v) is 5.66. The molecule has 0 atom stereocenters. The molecule has 0 bridgehead atoms. The van der Waals surface area contributed by atoms with Gasteiger partial charge < -0.3 is 20.3 Å². The van der Waals surface area contributed by atoms with E-state index >= 15 is 0 Å². The number of carbonyl (C=O) groups is 3. The number of nitrogens with two attached hydrogens (primary N) is 1. The number of carboxylic acid groups (broad SMARTS) is 1. The molecule has 9 heteroatoms. The summed E-state index contributed by atoms with van der Waals surface area (Å²) in [5, 5.41) is 20.1. The number of aromatic carboxylic acids is 1. The minimum atomic E-state index is -1.09. The number of carbonyl (C=O) groups excluding carboxylic acids is 2. The summed E-state index contributed by atoms with van der Waals surface area (Å²) < 4.78 is 11.1. The van der Waals surface area contributed by atoms with Crippen molar-refractivity contribution in [2.45, 2.75) is 6.61 Å². The molecule has 3 amide bonds. The first kappa shape index (κ1) is 21.0. The van der Waals surface area contributed by atoms with Crippen LogP contribution in [0.3, 0.4) is 0 Å². The first-order valence-electron chi connectivity index (χ1n) is 8.20. The first-order valence-corrected chi connectivity index (χ1v) is 8.20. The number of nitrogens with zero attached hydrogens (tertiary/aromatic N) is 1. The molecule has 0 radical (unpaired) electrons. The van der Waals surface area contributed by atoms with E-state index in [9.17, 15) is 19.6 Å². The van der Waals surface area contributed by atoms with E-state index in [1.54, 1.807) is 36.4 Å². The molecule has 0 aromatic heterocycles. The predicted molar refractivity (Wildman–Crippen MR) is 102 cm³/mol. The predicted octanol–water partition coefficient (Wildman–Crippen LogP) is 2.07. The van der Waals surface area contributed by atoms with Crippen molar-refractivity contribution >= 4 is 24.0 Å². The molecule has 0 aliphatic rings. The third-order valence-corrected chi connectivity index (χ3v) is 3.69. The molecule has 0 aliphatic carbocycles. The fraction of sp³-hybridized carbons (Fsp3) is 0.100. The van der Waals surface area contributed by atoms with Crippen LogP contribution in [0.1, 0.15) is 21.5 Å². The molecule has 0 unspecified atom stereocenters. The minimum absolute atomic E-state index is 0.0116. The molecular weight excluding hydrogens is 378 g/mol. The molecule has 2 aromatic rings. The Morgan fingerprint density at radius 2 is 1.97 bits per heavy atom. The second kappa shape index (κ2) is 9.57. The molecule has 4 N–H and O–H groups in total. The van der Waals surface area contributed by atoms with Crippen LogP contribution in [0.15, 0.2) is 48.0 Å². The highest BCUT2D eigenvalue weighted by molar-refractivity contribution is 6.08. The lowest BCUT2D eigenvalue weighted by Gasteiger charge is -2.14. The van der Waals surface area contributed by atoms with Gasteiger partial charge in [-0.1, -0.05) is 24.3 Å². The van der Waals surface area contributed by atoms with Gasteiger partial charge in [-0.25, -0.2) is 9.59 Å². The highest BCUT2D eigenvalue weighted by Gasteiger charge is 2.15. The number of hydrogen-bond donors (Lipinski definition) is 3. The Hall–Kier alpha value is -4.32. The maximum atomic E-state index is 11.9. The van der Waals surface area contributed by atoms with E-state index in [2.05, 4.69) is 0 Å². The monoisotopic (exact) mass is 395 g/mol. The Balaban J connectivity index is 2.37. The Morgan fingerprint density at radius 3 is 2.59 bits per heavy atom. The molecule has 9 nitrogen and oxygen atoms in total. The standard InChI is InChI=1S/C20H17N3O6/c1-28-16-7-3-5-13(9-15(10-21)18(24)23-20(22)27)17(16)29-11-12-4-2-6-14(8-12)19(25)26/h2-9H,11H2,1H3,(H,25,26)(H3,22,23,24,27)/b15-9-. The lowest BCUT2D eigenvalue weighted by atomic mass is 10.1. The third kappa shape index (κ3) is 5.58. The van der Waals surface area contributed by atoms with Crippen molar-refractivity contribution in [1.29, 1.82) is 5.26 Å². The number of para-hydroxylation sites is 1. The van der Waals surface area contributed by atoms with Crippen LogP contribution in [0.2, 0.25) is 0 Å². The first-order chi connectivity index (χ1) is 13.8. The van der Waals surface area contributed by atoms with Gasteiger partial charge in [-0.2, -0.15) is 5.26 Å². The average molecular weight is 395 g/mol. The van der Waals surface area contributed by atoms with E-state index < -0.39 is 17.9 Å². The Morgan fingerprint density at radius 1 is 1.24 bits per heavy atom. The van der Waals surface area contributed by atoms with Crippen LogP contribution >= 0.6 is 0 Å². The van der Waals surface area contributed by atoms with E-state index in [4.69, 9.17) is 20.3 Å². The molecule has 0 fully saturated rings. The number of rotatable bonds is 7. The molecule has 0 aliphatic heterocycles. The number of amides is 3. The van der Waals surface area contributed by atoms with Crippen LogP contribution in [0.4, 0.5) is 4.79 Å². The van der Waals surface area contributed by atoms with E-state index in [1.165, 1.54) is 25.3 Å². The quantitative estimate of drug-likeness (QED) is 0.479. The molecule has 2 rings (SSSR count). The average Bonchev–Trinajstić information content (AvgIpc) is 2.70. The summed E-state index contributed by atoms with van der Waals surface area (Å²) in [7, 11) is 1.42. The zero-order valence-corrected chi connectivity index (χ0v) is 15.3. The number of imide groups is 1. The fourth-order valence-electron chi connectivity index (χ4n) is 2.39. The summed E-state index contributed by atoms with van der Waals surface area (Å²) in [6, 6.07) is 11.6. The maximum absolute atomic E-state index is 11.9. The molecular formula is C20H17N3O6.